The second-order valence-electron chi connectivity index (χ2n) is 4.37. The molecular weight excluding hydrogens is 226 g/mol. The van der Waals surface area contributed by atoms with Crippen LogP contribution in [0.4, 0.5) is 5.82 Å². The molecule has 1 unspecified atom stereocenters. The summed E-state index contributed by atoms with van der Waals surface area (Å²) in [6, 6.07) is 14.4. The van der Waals surface area contributed by atoms with Crippen LogP contribution in [0.15, 0.2) is 42.5 Å². The topological polar surface area (TPSA) is 47.0 Å². The summed E-state index contributed by atoms with van der Waals surface area (Å²) in [6.45, 7) is 1.58. The Kier molecular flexibility index (Phi) is 3.19. The Morgan fingerprint density at radius 3 is 2.61 bits per heavy atom. The highest BCUT2D eigenvalue weighted by Crippen LogP contribution is 2.17. The zero-order valence-electron chi connectivity index (χ0n) is 10.0. The van der Waals surface area contributed by atoms with Crippen LogP contribution in [0.3, 0.4) is 0 Å². The van der Waals surface area contributed by atoms with Crippen molar-refractivity contribution >= 4 is 5.82 Å². The highest BCUT2D eigenvalue weighted by Gasteiger charge is 2.15. The lowest BCUT2D eigenvalue weighted by Crippen LogP contribution is -2.19. The molecule has 3 rings (SSSR count). The first-order valence-electron chi connectivity index (χ1n) is 6.15. The lowest BCUT2D eigenvalue weighted by molar-refractivity contribution is 0.195. The Bertz CT molecular complexity index is 492. The van der Waals surface area contributed by atoms with E-state index in [2.05, 4.69) is 15.5 Å². The summed E-state index contributed by atoms with van der Waals surface area (Å²) in [6.07, 6.45) is 1.03. The van der Waals surface area contributed by atoms with Crippen LogP contribution >= 0.6 is 0 Å². The highest BCUT2D eigenvalue weighted by molar-refractivity contribution is 5.59. The van der Waals surface area contributed by atoms with E-state index in [0.29, 0.717) is 6.04 Å². The summed E-state index contributed by atoms with van der Waals surface area (Å²) >= 11 is 0. The molecule has 2 heterocycles. The third-order valence-electron chi connectivity index (χ3n) is 3.02. The van der Waals surface area contributed by atoms with E-state index in [-0.39, 0.29) is 0 Å². The number of rotatable bonds is 3. The first-order chi connectivity index (χ1) is 8.92. The van der Waals surface area contributed by atoms with Gasteiger partial charge >= 0.3 is 0 Å². The molecular formula is C14H15N3O. The molecule has 0 aliphatic carbocycles. The van der Waals surface area contributed by atoms with Crippen molar-refractivity contribution in [2.45, 2.75) is 12.5 Å². The second-order valence-corrected chi connectivity index (χ2v) is 4.37. The lowest BCUT2D eigenvalue weighted by Gasteiger charge is -2.10. The van der Waals surface area contributed by atoms with Crippen molar-refractivity contribution < 1.29 is 4.74 Å². The van der Waals surface area contributed by atoms with Gasteiger partial charge in [-0.3, -0.25) is 0 Å². The van der Waals surface area contributed by atoms with Gasteiger partial charge in [-0.2, -0.15) is 0 Å². The Labute approximate surface area is 106 Å². The van der Waals surface area contributed by atoms with Crippen LogP contribution in [-0.2, 0) is 4.74 Å². The van der Waals surface area contributed by atoms with Gasteiger partial charge in [0.15, 0.2) is 0 Å². The first-order valence-corrected chi connectivity index (χ1v) is 6.15. The Morgan fingerprint density at radius 1 is 1.06 bits per heavy atom. The number of anilines is 1. The molecule has 4 heteroatoms. The van der Waals surface area contributed by atoms with Crippen molar-refractivity contribution in [3.8, 4) is 11.3 Å². The number of nitrogens with zero attached hydrogens (tertiary/aromatic N) is 2. The molecule has 1 N–H and O–H groups in total. The predicted octanol–water partition coefficient (Wildman–Crippen LogP) is 2.34. The zero-order valence-corrected chi connectivity index (χ0v) is 10.0. The van der Waals surface area contributed by atoms with Gasteiger partial charge in [0.2, 0.25) is 0 Å². The summed E-state index contributed by atoms with van der Waals surface area (Å²) in [5.41, 5.74) is 1.98. The van der Waals surface area contributed by atoms with Crippen LogP contribution in [0.2, 0.25) is 0 Å². The minimum atomic E-state index is 0.363. The Morgan fingerprint density at radius 2 is 1.94 bits per heavy atom. The van der Waals surface area contributed by atoms with E-state index in [0.717, 1.165) is 36.7 Å². The van der Waals surface area contributed by atoms with Crippen molar-refractivity contribution in [2.75, 3.05) is 18.5 Å². The standard InChI is InChI=1S/C14H15N3O/c1-2-4-11(5-3-1)13-6-7-14(17-16-13)15-12-8-9-18-10-12/h1-7,12H,8-10H2,(H,15,17). The van der Waals surface area contributed by atoms with E-state index in [9.17, 15) is 0 Å². The summed E-state index contributed by atoms with van der Waals surface area (Å²) in [7, 11) is 0. The third kappa shape index (κ3) is 2.49. The van der Waals surface area contributed by atoms with Gasteiger partial charge in [-0.15, -0.1) is 10.2 Å². The number of aromatic nitrogens is 2. The first kappa shape index (κ1) is 11.2. The molecule has 2 aromatic rings. The van der Waals surface area contributed by atoms with Gasteiger partial charge in [0.25, 0.3) is 0 Å². The van der Waals surface area contributed by atoms with Gasteiger partial charge in [0.05, 0.1) is 18.3 Å². The summed E-state index contributed by atoms with van der Waals surface area (Å²) in [5, 5.41) is 11.8. The molecule has 0 saturated carbocycles. The fraction of sp³-hybridized carbons (Fsp3) is 0.286. The average molecular weight is 241 g/mol. The van der Waals surface area contributed by atoms with Crippen molar-refractivity contribution in [2.24, 2.45) is 0 Å². The SMILES string of the molecule is c1ccc(-c2ccc(NC3CCOC3)nn2)cc1. The van der Waals surface area contributed by atoms with Gasteiger partial charge in [0.1, 0.15) is 5.82 Å². The summed E-state index contributed by atoms with van der Waals surface area (Å²) in [4.78, 5) is 0. The van der Waals surface area contributed by atoms with Crippen molar-refractivity contribution in [1.82, 2.24) is 10.2 Å². The molecule has 18 heavy (non-hydrogen) atoms. The molecule has 0 amide bonds. The minimum absolute atomic E-state index is 0.363. The van der Waals surface area contributed by atoms with Crippen LogP contribution in [0.5, 0.6) is 0 Å². The van der Waals surface area contributed by atoms with E-state index < -0.39 is 0 Å². The maximum atomic E-state index is 5.31. The van der Waals surface area contributed by atoms with E-state index in [1.165, 1.54) is 0 Å². The van der Waals surface area contributed by atoms with E-state index in [1.54, 1.807) is 0 Å². The maximum absolute atomic E-state index is 5.31. The van der Waals surface area contributed by atoms with Crippen molar-refractivity contribution in [1.29, 1.82) is 0 Å². The summed E-state index contributed by atoms with van der Waals surface area (Å²) in [5.74, 6) is 0.810. The average Bonchev–Trinajstić information content (AvgIpc) is 2.94. The van der Waals surface area contributed by atoms with Crippen LogP contribution in [-0.4, -0.2) is 29.5 Å². The Balaban J connectivity index is 1.72. The van der Waals surface area contributed by atoms with Crippen LogP contribution < -0.4 is 5.32 Å². The number of benzene rings is 1. The lowest BCUT2D eigenvalue weighted by atomic mass is 10.1. The molecule has 0 spiro atoms. The molecule has 1 aromatic heterocycles. The molecule has 0 radical (unpaired) electrons. The largest absolute Gasteiger partial charge is 0.379 e. The van der Waals surface area contributed by atoms with Crippen LogP contribution in [0.1, 0.15) is 6.42 Å². The van der Waals surface area contributed by atoms with Gasteiger partial charge < -0.3 is 10.1 Å². The van der Waals surface area contributed by atoms with Gasteiger partial charge in [-0.05, 0) is 18.6 Å². The molecule has 1 saturated heterocycles. The molecule has 4 nitrogen and oxygen atoms in total. The fourth-order valence-corrected chi connectivity index (χ4v) is 2.03. The minimum Gasteiger partial charge on any atom is -0.379 e. The fourth-order valence-electron chi connectivity index (χ4n) is 2.03. The number of ether oxygens (including phenoxy) is 1. The van der Waals surface area contributed by atoms with Crippen LogP contribution in [0, 0.1) is 0 Å². The van der Waals surface area contributed by atoms with E-state index in [4.69, 9.17) is 4.74 Å². The van der Waals surface area contributed by atoms with Gasteiger partial charge in [-0.1, -0.05) is 30.3 Å². The smallest absolute Gasteiger partial charge is 0.148 e. The number of nitrogens with one attached hydrogen (secondary N) is 1. The predicted molar refractivity (Wildman–Crippen MR) is 70.3 cm³/mol. The van der Waals surface area contributed by atoms with Gasteiger partial charge in [0, 0.05) is 12.2 Å². The van der Waals surface area contributed by atoms with E-state index in [1.807, 2.05) is 42.5 Å². The van der Waals surface area contributed by atoms with Crippen LogP contribution in [0.25, 0.3) is 11.3 Å². The highest BCUT2D eigenvalue weighted by atomic mass is 16.5. The van der Waals surface area contributed by atoms with E-state index >= 15 is 0 Å². The molecule has 1 atom stereocenters. The number of hydrogen-bond donors (Lipinski definition) is 1. The molecule has 0 bridgehead atoms. The molecule has 1 aromatic carbocycles. The third-order valence-corrected chi connectivity index (χ3v) is 3.02. The molecule has 1 aliphatic rings. The summed E-state index contributed by atoms with van der Waals surface area (Å²) < 4.78 is 5.31. The maximum Gasteiger partial charge on any atom is 0.148 e. The Hall–Kier alpha value is -1.94. The second kappa shape index (κ2) is 5.14. The molecule has 1 aliphatic heterocycles. The quantitative estimate of drug-likeness (QED) is 0.896. The molecule has 1 fully saturated rings. The number of hydrogen-bond acceptors (Lipinski definition) is 4. The van der Waals surface area contributed by atoms with Gasteiger partial charge in [-0.25, -0.2) is 0 Å². The van der Waals surface area contributed by atoms with Crippen molar-refractivity contribution in [3.05, 3.63) is 42.5 Å². The van der Waals surface area contributed by atoms with Crippen molar-refractivity contribution in [3.63, 3.8) is 0 Å². The monoisotopic (exact) mass is 241 g/mol. The normalized spacial score (nSPS) is 18.8. The zero-order chi connectivity index (χ0) is 12.2. The molecule has 92 valence electrons.